The molecule has 0 aliphatic heterocycles. The summed E-state index contributed by atoms with van der Waals surface area (Å²) in [6.45, 7) is 2.23. The first-order valence-corrected chi connectivity index (χ1v) is 7.34. The van der Waals surface area contributed by atoms with Crippen LogP contribution in [0, 0.1) is 11.8 Å². The van der Waals surface area contributed by atoms with E-state index in [4.69, 9.17) is 0 Å². The van der Waals surface area contributed by atoms with Crippen molar-refractivity contribution in [2.24, 2.45) is 11.8 Å². The molecular weight excluding hydrogens is 268 g/mol. The van der Waals surface area contributed by atoms with Crippen LogP contribution in [-0.4, -0.2) is 30.1 Å². The van der Waals surface area contributed by atoms with Crippen LogP contribution in [0.1, 0.15) is 31.4 Å². The predicted molar refractivity (Wildman–Crippen MR) is 79.3 cm³/mol. The Morgan fingerprint density at radius 3 is 2.57 bits per heavy atom. The number of carbonyl (C=O) groups excluding carboxylic acids is 2. The van der Waals surface area contributed by atoms with Gasteiger partial charge < -0.3 is 15.7 Å². The van der Waals surface area contributed by atoms with Crippen LogP contribution < -0.4 is 10.6 Å². The van der Waals surface area contributed by atoms with Gasteiger partial charge in [-0.3, -0.25) is 9.59 Å². The summed E-state index contributed by atoms with van der Waals surface area (Å²) in [6, 6.07) is 8.92. The molecule has 3 N–H and O–H groups in total. The van der Waals surface area contributed by atoms with Gasteiger partial charge in [0.25, 0.3) is 0 Å². The van der Waals surface area contributed by atoms with E-state index >= 15 is 0 Å². The van der Waals surface area contributed by atoms with Crippen molar-refractivity contribution in [1.29, 1.82) is 0 Å². The number of benzene rings is 1. The number of rotatable bonds is 7. The molecule has 1 aromatic rings. The average molecular weight is 290 g/mol. The van der Waals surface area contributed by atoms with Crippen molar-refractivity contribution in [1.82, 2.24) is 10.6 Å². The van der Waals surface area contributed by atoms with Gasteiger partial charge in [0.05, 0.1) is 12.6 Å². The molecule has 0 aromatic heterocycles. The quantitative estimate of drug-likeness (QED) is 0.701. The zero-order valence-electron chi connectivity index (χ0n) is 12.2. The van der Waals surface area contributed by atoms with E-state index in [1.54, 1.807) is 0 Å². The fraction of sp³-hybridized carbons (Fsp3) is 0.500. The Hall–Kier alpha value is -1.88. The van der Waals surface area contributed by atoms with Gasteiger partial charge in [0.15, 0.2) is 0 Å². The van der Waals surface area contributed by atoms with Crippen molar-refractivity contribution in [3.05, 3.63) is 35.9 Å². The second-order valence-corrected chi connectivity index (χ2v) is 5.57. The molecular formula is C16H22N2O3. The van der Waals surface area contributed by atoms with E-state index < -0.39 is 6.04 Å². The minimum absolute atomic E-state index is 0.0390. The topological polar surface area (TPSA) is 78.4 Å². The second kappa shape index (κ2) is 7.22. The minimum atomic E-state index is -0.405. The van der Waals surface area contributed by atoms with Crippen LogP contribution in [0.4, 0.5) is 0 Å². The molecule has 0 bridgehead atoms. The first-order chi connectivity index (χ1) is 10.1. The number of hydrogen-bond acceptors (Lipinski definition) is 3. The lowest BCUT2D eigenvalue weighted by molar-refractivity contribution is -0.123. The summed E-state index contributed by atoms with van der Waals surface area (Å²) in [5.74, 6) is 0.456. The van der Waals surface area contributed by atoms with Gasteiger partial charge in [0.1, 0.15) is 0 Å². The van der Waals surface area contributed by atoms with Gasteiger partial charge in [0.2, 0.25) is 11.8 Å². The molecule has 1 aliphatic rings. The maximum atomic E-state index is 11.8. The van der Waals surface area contributed by atoms with Crippen molar-refractivity contribution >= 4 is 11.8 Å². The summed E-state index contributed by atoms with van der Waals surface area (Å²) < 4.78 is 0. The van der Waals surface area contributed by atoms with Gasteiger partial charge in [-0.05, 0) is 17.9 Å². The van der Waals surface area contributed by atoms with E-state index in [1.165, 1.54) is 0 Å². The van der Waals surface area contributed by atoms with Crippen molar-refractivity contribution < 1.29 is 14.7 Å². The highest BCUT2D eigenvalue weighted by molar-refractivity contribution is 5.82. The maximum absolute atomic E-state index is 11.8. The van der Waals surface area contributed by atoms with Crippen molar-refractivity contribution in [3.8, 4) is 0 Å². The summed E-state index contributed by atoms with van der Waals surface area (Å²) in [5, 5.41) is 14.9. The third-order valence-electron chi connectivity index (χ3n) is 3.82. The largest absolute Gasteiger partial charge is 0.394 e. The molecule has 0 heterocycles. The summed E-state index contributed by atoms with van der Waals surface area (Å²) >= 11 is 0. The lowest BCUT2D eigenvalue weighted by Crippen LogP contribution is -2.34. The standard InChI is InChI=1S/C16H22N2O3/c1-11-9-13(11)16(21)17-8-7-15(20)18-14(10-19)12-5-3-2-4-6-12/h2-6,11,13-14,19H,7-10H2,1H3,(H,17,21)(H,18,20)/t11?,13?,14-/m1/s1. The number of hydrogen-bond donors (Lipinski definition) is 3. The molecule has 2 amide bonds. The molecule has 5 nitrogen and oxygen atoms in total. The Morgan fingerprint density at radius 2 is 2.00 bits per heavy atom. The normalized spacial score (nSPS) is 21.4. The lowest BCUT2D eigenvalue weighted by atomic mass is 10.1. The molecule has 3 atom stereocenters. The van der Waals surface area contributed by atoms with E-state index in [1.807, 2.05) is 37.3 Å². The Balaban J connectivity index is 1.72. The minimum Gasteiger partial charge on any atom is -0.394 e. The maximum Gasteiger partial charge on any atom is 0.223 e. The molecule has 1 aliphatic carbocycles. The smallest absolute Gasteiger partial charge is 0.223 e. The van der Waals surface area contributed by atoms with Crippen LogP contribution in [0.3, 0.4) is 0 Å². The van der Waals surface area contributed by atoms with Gasteiger partial charge in [-0.2, -0.15) is 0 Å². The Bertz CT molecular complexity index is 490. The molecule has 1 saturated carbocycles. The van der Waals surface area contributed by atoms with Crippen molar-refractivity contribution in [2.75, 3.05) is 13.2 Å². The molecule has 2 rings (SSSR count). The van der Waals surface area contributed by atoms with Gasteiger partial charge in [-0.25, -0.2) is 0 Å². The van der Waals surface area contributed by atoms with Crippen LogP contribution in [-0.2, 0) is 9.59 Å². The highest BCUT2D eigenvalue weighted by Gasteiger charge is 2.38. The van der Waals surface area contributed by atoms with Crippen LogP contribution in [0.2, 0.25) is 0 Å². The van der Waals surface area contributed by atoms with Gasteiger partial charge >= 0.3 is 0 Å². The van der Waals surface area contributed by atoms with E-state index in [0.717, 1.165) is 12.0 Å². The van der Waals surface area contributed by atoms with Gasteiger partial charge in [-0.1, -0.05) is 37.3 Å². The Kier molecular flexibility index (Phi) is 5.33. The number of amides is 2. The fourth-order valence-corrected chi connectivity index (χ4v) is 2.30. The monoisotopic (exact) mass is 290 g/mol. The Labute approximate surface area is 124 Å². The number of aliphatic hydroxyl groups is 1. The van der Waals surface area contributed by atoms with Crippen molar-refractivity contribution in [3.63, 3.8) is 0 Å². The zero-order valence-corrected chi connectivity index (χ0v) is 12.2. The lowest BCUT2D eigenvalue weighted by Gasteiger charge is -2.16. The molecule has 0 spiro atoms. The zero-order chi connectivity index (χ0) is 15.2. The third-order valence-corrected chi connectivity index (χ3v) is 3.82. The molecule has 5 heteroatoms. The van der Waals surface area contributed by atoms with E-state index in [2.05, 4.69) is 10.6 Å². The third kappa shape index (κ3) is 4.56. The van der Waals surface area contributed by atoms with Crippen LogP contribution >= 0.6 is 0 Å². The summed E-state index contributed by atoms with van der Waals surface area (Å²) in [4.78, 5) is 23.5. The molecule has 0 radical (unpaired) electrons. The molecule has 2 unspecified atom stereocenters. The molecule has 1 fully saturated rings. The number of carbonyl (C=O) groups is 2. The summed E-state index contributed by atoms with van der Waals surface area (Å²) in [6.07, 6.45) is 1.16. The summed E-state index contributed by atoms with van der Waals surface area (Å²) in [7, 11) is 0. The van der Waals surface area contributed by atoms with Gasteiger partial charge in [-0.15, -0.1) is 0 Å². The fourth-order valence-electron chi connectivity index (χ4n) is 2.30. The molecule has 1 aromatic carbocycles. The first-order valence-electron chi connectivity index (χ1n) is 7.34. The first kappa shape index (κ1) is 15.5. The SMILES string of the molecule is CC1CC1C(=O)NCCC(=O)N[C@H](CO)c1ccccc1. The van der Waals surface area contributed by atoms with Gasteiger partial charge in [0, 0.05) is 18.9 Å². The number of nitrogens with one attached hydrogen (secondary N) is 2. The predicted octanol–water partition coefficient (Wildman–Crippen LogP) is 0.998. The van der Waals surface area contributed by atoms with Crippen LogP contribution in [0.5, 0.6) is 0 Å². The highest BCUT2D eigenvalue weighted by Crippen LogP contribution is 2.37. The summed E-state index contributed by atoms with van der Waals surface area (Å²) in [5.41, 5.74) is 0.865. The Morgan fingerprint density at radius 1 is 1.33 bits per heavy atom. The van der Waals surface area contributed by atoms with Crippen LogP contribution in [0.25, 0.3) is 0 Å². The van der Waals surface area contributed by atoms with Crippen LogP contribution in [0.15, 0.2) is 30.3 Å². The molecule has 21 heavy (non-hydrogen) atoms. The van der Waals surface area contributed by atoms with Crippen molar-refractivity contribution in [2.45, 2.75) is 25.8 Å². The molecule has 0 saturated heterocycles. The average Bonchev–Trinajstić information content (AvgIpc) is 3.22. The second-order valence-electron chi connectivity index (χ2n) is 5.57. The molecule has 114 valence electrons. The van der Waals surface area contributed by atoms with E-state index in [0.29, 0.717) is 12.5 Å². The highest BCUT2D eigenvalue weighted by atomic mass is 16.3. The van der Waals surface area contributed by atoms with E-state index in [-0.39, 0.29) is 30.8 Å². The van der Waals surface area contributed by atoms with E-state index in [9.17, 15) is 14.7 Å². The number of aliphatic hydroxyl groups excluding tert-OH is 1.